The normalized spacial score (nSPS) is 10.1. The van der Waals surface area contributed by atoms with Crippen molar-refractivity contribution < 1.29 is 13.6 Å². The van der Waals surface area contributed by atoms with Crippen molar-refractivity contribution >= 4 is 21.8 Å². The van der Waals surface area contributed by atoms with E-state index in [-0.39, 0.29) is 16.5 Å². The zero-order valence-corrected chi connectivity index (χ0v) is 8.07. The third-order valence-corrected chi connectivity index (χ3v) is 2.06. The maximum absolute atomic E-state index is 12.9. The van der Waals surface area contributed by atoms with Crippen molar-refractivity contribution in [1.29, 1.82) is 0 Å². The molecule has 5 heteroatoms. The summed E-state index contributed by atoms with van der Waals surface area (Å²) in [6.07, 6.45) is -0.231. The Morgan fingerprint density at radius 1 is 1.38 bits per heavy atom. The highest BCUT2D eigenvalue weighted by Gasteiger charge is 2.09. The second-order valence-corrected chi connectivity index (χ2v) is 3.36. The molecule has 2 N–H and O–H groups in total. The monoisotopic (exact) mass is 249 g/mol. The third-order valence-electron chi connectivity index (χ3n) is 1.45. The van der Waals surface area contributed by atoms with Crippen LogP contribution in [0.4, 0.5) is 8.78 Å². The van der Waals surface area contributed by atoms with E-state index in [1.165, 1.54) is 6.07 Å². The summed E-state index contributed by atoms with van der Waals surface area (Å²) in [5.74, 6) is -2.12. The van der Waals surface area contributed by atoms with Crippen LogP contribution in [0, 0.1) is 11.6 Å². The number of benzene rings is 1. The van der Waals surface area contributed by atoms with Gasteiger partial charge in [0.1, 0.15) is 11.6 Å². The van der Waals surface area contributed by atoms with E-state index in [0.717, 1.165) is 0 Å². The number of amides is 1. The van der Waals surface area contributed by atoms with Gasteiger partial charge in [0.15, 0.2) is 0 Å². The van der Waals surface area contributed by atoms with Crippen LogP contribution in [0.5, 0.6) is 0 Å². The summed E-state index contributed by atoms with van der Waals surface area (Å²) in [4.78, 5) is 10.5. The predicted octanol–water partition coefficient (Wildman–Crippen LogP) is 1.76. The number of rotatable bonds is 2. The van der Waals surface area contributed by atoms with Gasteiger partial charge in [0.2, 0.25) is 5.91 Å². The molecule has 0 unspecified atom stereocenters. The van der Waals surface area contributed by atoms with E-state index in [2.05, 4.69) is 15.9 Å². The molecule has 0 aromatic heterocycles. The Hall–Kier alpha value is -0.970. The molecule has 0 aliphatic heterocycles. The number of halogens is 3. The molecule has 0 heterocycles. The summed E-state index contributed by atoms with van der Waals surface area (Å²) in [5, 5.41) is 0. The van der Waals surface area contributed by atoms with Crippen LogP contribution >= 0.6 is 15.9 Å². The van der Waals surface area contributed by atoms with Crippen LogP contribution in [0.15, 0.2) is 16.6 Å². The van der Waals surface area contributed by atoms with Crippen molar-refractivity contribution in [1.82, 2.24) is 0 Å². The fourth-order valence-electron chi connectivity index (χ4n) is 0.887. The molecule has 0 aliphatic rings. The van der Waals surface area contributed by atoms with Crippen molar-refractivity contribution in [3.63, 3.8) is 0 Å². The SMILES string of the molecule is NC(=O)Cc1cc(Br)c(F)cc1F. The third kappa shape index (κ3) is 2.48. The van der Waals surface area contributed by atoms with Crippen LogP contribution < -0.4 is 5.73 Å². The van der Waals surface area contributed by atoms with Crippen molar-refractivity contribution in [2.45, 2.75) is 6.42 Å². The van der Waals surface area contributed by atoms with Crippen molar-refractivity contribution in [2.24, 2.45) is 5.73 Å². The number of hydrogen-bond donors (Lipinski definition) is 1. The fourth-order valence-corrected chi connectivity index (χ4v) is 1.28. The topological polar surface area (TPSA) is 43.1 Å². The van der Waals surface area contributed by atoms with E-state index < -0.39 is 17.5 Å². The van der Waals surface area contributed by atoms with Gasteiger partial charge in [0.05, 0.1) is 10.9 Å². The van der Waals surface area contributed by atoms with Gasteiger partial charge < -0.3 is 5.73 Å². The molecule has 1 aromatic rings. The van der Waals surface area contributed by atoms with Gasteiger partial charge in [0.25, 0.3) is 0 Å². The van der Waals surface area contributed by atoms with Gasteiger partial charge in [-0.05, 0) is 27.6 Å². The summed E-state index contributed by atoms with van der Waals surface area (Å²) in [6.45, 7) is 0. The highest BCUT2D eigenvalue weighted by molar-refractivity contribution is 9.10. The van der Waals surface area contributed by atoms with Gasteiger partial charge in [-0.1, -0.05) is 0 Å². The summed E-state index contributed by atoms with van der Waals surface area (Å²) in [6, 6.07) is 1.91. The minimum absolute atomic E-state index is 0.0841. The van der Waals surface area contributed by atoms with Gasteiger partial charge >= 0.3 is 0 Å². The van der Waals surface area contributed by atoms with Crippen LogP contribution in [-0.2, 0) is 11.2 Å². The van der Waals surface area contributed by atoms with E-state index in [0.29, 0.717) is 6.07 Å². The molecular formula is C8H6BrF2NO. The minimum Gasteiger partial charge on any atom is -0.369 e. The number of carbonyl (C=O) groups excluding carboxylic acids is 1. The van der Waals surface area contributed by atoms with Gasteiger partial charge in [-0.25, -0.2) is 8.78 Å². The Balaban J connectivity index is 3.08. The van der Waals surface area contributed by atoms with Crippen molar-refractivity contribution in [2.75, 3.05) is 0 Å². The van der Waals surface area contributed by atoms with Gasteiger partial charge in [0, 0.05) is 6.07 Å². The summed E-state index contributed by atoms with van der Waals surface area (Å²) in [7, 11) is 0. The van der Waals surface area contributed by atoms with E-state index in [4.69, 9.17) is 5.73 Å². The Kier molecular flexibility index (Phi) is 2.98. The molecule has 0 saturated heterocycles. The molecule has 70 valence electrons. The van der Waals surface area contributed by atoms with Crippen LogP contribution in [-0.4, -0.2) is 5.91 Å². The first-order valence-corrected chi connectivity index (χ1v) is 4.21. The van der Waals surface area contributed by atoms with E-state index in [1.54, 1.807) is 0 Å². The molecule has 1 amide bonds. The van der Waals surface area contributed by atoms with Crippen LogP contribution in [0.25, 0.3) is 0 Å². The molecule has 0 radical (unpaired) electrons. The lowest BCUT2D eigenvalue weighted by atomic mass is 10.1. The lowest BCUT2D eigenvalue weighted by molar-refractivity contribution is -0.117. The molecule has 0 spiro atoms. The molecule has 2 nitrogen and oxygen atoms in total. The molecule has 1 aromatic carbocycles. The first-order valence-electron chi connectivity index (χ1n) is 3.42. The summed E-state index contributed by atoms with van der Waals surface area (Å²) >= 11 is 2.88. The molecular weight excluding hydrogens is 244 g/mol. The highest BCUT2D eigenvalue weighted by atomic mass is 79.9. The average Bonchev–Trinajstić information content (AvgIpc) is 1.99. The number of carbonyl (C=O) groups is 1. The van der Waals surface area contributed by atoms with E-state index >= 15 is 0 Å². The first-order chi connectivity index (χ1) is 6.00. The zero-order valence-electron chi connectivity index (χ0n) is 6.48. The quantitative estimate of drug-likeness (QED) is 0.798. The Bertz CT molecular complexity index is 354. The Morgan fingerprint density at radius 2 is 2.00 bits per heavy atom. The molecule has 1 rings (SSSR count). The lowest BCUT2D eigenvalue weighted by Crippen LogP contribution is -2.14. The standard InChI is InChI=1S/C8H6BrF2NO/c9-5-1-4(2-8(12)13)6(10)3-7(5)11/h1,3H,2H2,(H2,12,13). The molecule has 13 heavy (non-hydrogen) atoms. The van der Waals surface area contributed by atoms with Gasteiger partial charge in [-0.15, -0.1) is 0 Å². The van der Waals surface area contributed by atoms with Crippen molar-refractivity contribution in [3.05, 3.63) is 33.8 Å². The molecule has 0 atom stereocenters. The highest BCUT2D eigenvalue weighted by Crippen LogP contribution is 2.20. The van der Waals surface area contributed by atoms with Crippen LogP contribution in [0.2, 0.25) is 0 Å². The lowest BCUT2D eigenvalue weighted by Gasteiger charge is -2.01. The number of primary amides is 1. The van der Waals surface area contributed by atoms with Crippen molar-refractivity contribution in [3.8, 4) is 0 Å². The predicted molar refractivity (Wildman–Crippen MR) is 47.0 cm³/mol. The van der Waals surface area contributed by atoms with E-state index in [1.807, 2.05) is 0 Å². The molecule has 0 bridgehead atoms. The van der Waals surface area contributed by atoms with Crippen LogP contribution in [0.3, 0.4) is 0 Å². The van der Waals surface area contributed by atoms with E-state index in [9.17, 15) is 13.6 Å². The average molecular weight is 250 g/mol. The summed E-state index contributed by atoms with van der Waals surface area (Å²) < 4.78 is 25.7. The zero-order chi connectivity index (χ0) is 10.0. The maximum atomic E-state index is 12.9. The fraction of sp³-hybridized carbons (Fsp3) is 0.125. The van der Waals surface area contributed by atoms with Gasteiger partial charge in [-0.3, -0.25) is 4.79 Å². The second-order valence-electron chi connectivity index (χ2n) is 2.50. The second kappa shape index (κ2) is 3.83. The molecule has 0 saturated carbocycles. The molecule has 0 fully saturated rings. The Labute approximate surface area is 81.9 Å². The maximum Gasteiger partial charge on any atom is 0.221 e. The van der Waals surface area contributed by atoms with Crippen LogP contribution in [0.1, 0.15) is 5.56 Å². The first kappa shape index (κ1) is 10.1. The largest absolute Gasteiger partial charge is 0.369 e. The minimum atomic E-state index is -0.764. The summed E-state index contributed by atoms with van der Waals surface area (Å²) in [5.41, 5.74) is 4.95. The molecule has 0 aliphatic carbocycles. The smallest absolute Gasteiger partial charge is 0.221 e. The number of hydrogen-bond acceptors (Lipinski definition) is 1. The number of nitrogens with two attached hydrogens (primary N) is 1. The Morgan fingerprint density at radius 3 is 2.54 bits per heavy atom. The van der Waals surface area contributed by atoms with Gasteiger partial charge in [-0.2, -0.15) is 0 Å².